The Balaban J connectivity index is 2.13. The lowest BCUT2D eigenvalue weighted by atomic mass is 10.00. The van der Waals surface area contributed by atoms with Crippen LogP contribution in [0.25, 0.3) is 10.8 Å². The monoisotopic (exact) mass is 234 g/mol. The smallest absolute Gasteiger partial charge is 0.127 e. The summed E-state index contributed by atoms with van der Waals surface area (Å²) >= 11 is 0. The van der Waals surface area contributed by atoms with Gasteiger partial charge in [0.25, 0.3) is 0 Å². The largest absolute Gasteiger partial charge is 0.383 e. The molecule has 3 rings (SSSR count). The standard InChI is InChI=1S/C16H14N2/c17-16-15(10-12-6-2-1-3-7-12)14-9-5-4-8-13(14)11-18-16/h1-9,11H,10H2,(H2,17,18). The third kappa shape index (κ3) is 1.93. The Labute approximate surface area is 106 Å². The molecule has 88 valence electrons. The summed E-state index contributed by atoms with van der Waals surface area (Å²) in [6, 6.07) is 18.6. The first-order valence-corrected chi connectivity index (χ1v) is 6.00. The van der Waals surface area contributed by atoms with Gasteiger partial charge in [-0.05, 0) is 10.9 Å². The molecule has 0 aliphatic carbocycles. The molecule has 0 atom stereocenters. The highest BCUT2D eigenvalue weighted by Crippen LogP contribution is 2.24. The Hall–Kier alpha value is -2.35. The van der Waals surface area contributed by atoms with E-state index in [-0.39, 0.29) is 0 Å². The van der Waals surface area contributed by atoms with Crippen molar-refractivity contribution in [1.29, 1.82) is 0 Å². The van der Waals surface area contributed by atoms with Crippen molar-refractivity contribution in [2.75, 3.05) is 5.73 Å². The van der Waals surface area contributed by atoms with E-state index in [9.17, 15) is 0 Å². The minimum absolute atomic E-state index is 0.623. The summed E-state index contributed by atoms with van der Waals surface area (Å²) in [5.74, 6) is 0.623. The molecule has 0 aliphatic heterocycles. The molecule has 0 amide bonds. The van der Waals surface area contributed by atoms with Gasteiger partial charge in [-0.15, -0.1) is 0 Å². The fourth-order valence-electron chi connectivity index (χ4n) is 2.23. The van der Waals surface area contributed by atoms with Crippen molar-refractivity contribution in [3.05, 3.63) is 71.9 Å². The summed E-state index contributed by atoms with van der Waals surface area (Å²) in [7, 11) is 0. The van der Waals surface area contributed by atoms with Crippen LogP contribution in [0, 0.1) is 0 Å². The van der Waals surface area contributed by atoms with Gasteiger partial charge in [0.15, 0.2) is 0 Å². The molecule has 0 unspecified atom stereocenters. The third-order valence-electron chi connectivity index (χ3n) is 3.16. The van der Waals surface area contributed by atoms with Crippen molar-refractivity contribution in [3.63, 3.8) is 0 Å². The SMILES string of the molecule is Nc1ncc2ccccc2c1Cc1ccccc1. The predicted octanol–water partition coefficient (Wildman–Crippen LogP) is 3.41. The van der Waals surface area contributed by atoms with Crippen LogP contribution in [0.15, 0.2) is 60.8 Å². The Morgan fingerprint density at radius 3 is 2.44 bits per heavy atom. The van der Waals surface area contributed by atoms with Crippen LogP contribution < -0.4 is 5.73 Å². The first-order valence-electron chi connectivity index (χ1n) is 6.00. The summed E-state index contributed by atoms with van der Waals surface area (Å²) in [6.07, 6.45) is 2.65. The Kier molecular flexibility index (Phi) is 2.69. The van der Waals surface area contributed by atoms with Crippen molar-refractivity contribution in [1.82, 2.24) is 4.98 Å². The zero-order valence-electron chi connectivity index (χ0n) is 10.0. The van der Waals surface area contributed by atoms with Gasteiger partial charge in [-0.25, -0.2) is 4.98 Å². The van der Waals surface area contributed by atoms with Crippen molar-refractivity contribution in [2.24, 2.45) is 0 Å². The van der Waals surface area contributed by atoms with E-state index in [1.807, 2.05) is 36.5 Å². The number of hydrogen-bond donors (Lipinski definition) is 1. The van der Waals surface area contributed by atoms with Crippen molar-refractivity contribution >= 4 is 16.6 Å². The molecule has 0 saturated heterocycles. The number of nitrogens with zero attached hydrogens (tertiary/aromatic N) is 1. The van der Waals surface area contributed by atoms with E-state index in [1.165, 1.54) is 10.9 Å². The lowest BCUT2D eigenvalue weighted by molar-refractivity contribution is 1.18. The van der Waals surface area contributed by atoms with Crippen LogP contribution in [-0.4, -0.2) is 4.98 Å². The quantitative estimate of drug-likeness (QED) is 0.738. The molecule has 2 N–H and O–H groups in total. The third-order valence-corrected chi connectivity index (χ3v) is 3.16. The number of fused-ring (bicyclic) bond motifs is 1. The van der Waals surface area contributed by atoms with Crippen LogP contribution in [0.2, 0.25) is 0 Å². The molecule has 1 aromatic heterocycles. The van der Waals surface area contributed by atoms with Gasteiger partial charge < -0.3 is 5.73 Å². The zero-order chi connectivity index (χ0) is 12.4. The highest BCUT2D eigenvalue weighted by Gasteiger charge is 2.07. The van der Waals surface area contributed by atoms with E-state index in [2.05, 4.69) is 29.2 Å². The fraction of sp³-hybridized carbons (Fsp3) is 0.0625. The summed E-state index contributed by atoms with van der Waals surface area (Å²) in [5.41, 5.74) is 8.39. The lowest BCUT2D eigenvalue weighted by Gasteiger charge is -2.09. The normalized spacial score (nSPS) is 10.7. The number of nitrogens with two attached hydrogens (primary N) is 1. The molecule has 0 radical (unpaired) electrons. The molecular weight excluding hydrogens is 220 g/mol. The van der Waals surface area contributed by atoms with Gasteiger partial charge in [-0.2, -0.15) is 0 Å². The number of anilines is 1. The number of hydrogen-bond acceptors (Lipinski definition) is 2. The molecule has 1 heterocycles. The van der Waals surface area contributed by atoms with Crippen molar-refractivity contribution in [3.8, 4) is 0 Å². The predicted molar refractivity (Wildman–Crippen MR) is 75.4 cm³/mol. The van der Waals surface area contributed by atoms with E-state index < -0.39 is 0 Å². The van der Waals surface area contributed by atoms with Gasteiger partial charge in [0.2, 0.25) is 0 Å². The molecule has 0 spiro atoms. The molecule has 18 heavy (non-hydrogen) atoms. The van der Waals surface area contributed by atoms with Gasteiger partial charge >= 0.3 is 0 Å². The number of pyridine rings is 1. The topological polar surface area (TPSA) is 38.9 Å². The zero-order valence-corrected chi connectivity index (χ0v) is 10.0. The number of nitrogen functional groups attached to an aromatic ring is 1. The molecule has 0 fully saturated rings. The summed E-state index contributed by atoms with van der Waals surface area (Å²) in [4.78, 5) is 4.28. The summed E-state index contributed by atoms with van der Waals surface area (Å²) < 4.78 is 0. The van der Waals surface area contributed by atoms with E-state index in [4.69, 9.17) is 5.73 Å². The molecule has 0 saturated carbocycles. The van der Waals surface area contributed by atoms with Gasteiger partial charge in [0.05, 0.1) is 0 Å². The Morgan fingerprint density at radius 1 is 0.889 bits per heavy atom. The first-order chi connectivity index (χ1) is 8.84. The average molecular weight is 234 g/mol. The van der Waals surface area contributed by atoms with Crippen LogP contribution >= 0.6 is 0 Å². The Bertz CT molecular complexity index is 675. The van der Waals surface area contributed by atoms with Gasteiger partial charge in [-0.3, -0.25) is 0 Å². The average Bonchev–Trinajstić information content (AvgIpc) is 2.43. The van der Waals surface area contributed by atoms with E-state index in [0.717, 1.165) is 17.4 Å². The van der Waals surface area contributed by atoms with Crippen LogP contribution in [0.1, 0.15) is 11.1 Å². The molecule has 2 nitrogen and oxygen atoms in total. The number of aromatic nitrogens is 1. The Morgan fingerprint density at radius 2 is 1.61 bits per heavy atom. The maximum Gasteiger partial charge on any atom is 0.127 e. The maximum absolute atomic E-state index is 6.02. The molecule has 3 aromatic rings. The number of rotatable bonds is 2. The van der Waals surface area contributed by atoms with Crippen molar-refractivity contribution < 1.29 is 0 Å². The van der Waals surface area contributed by atoms with Gasteiger partial charge in [0.1, 0.15) is 5.82 Å². The molecule has 2 heteroatoms. The lowest BCUT2D eigenvalue weighted by Crippen LogP contribution is -1.99. The van der Waals surface area contributed by atoms with Crippen LogP contribution in [0.5, 0.6) is 0 Å². The highest BCUT2D eigenvalue weighted by molar-refractivity contribution is 5.88. The second kappa shape index (κ2) is 4.49. The van der Waals surface area contributed by atoms with E-state index in [1.54, 1.807) is 0 Å². The first kappa shape index (κ1) is 10.8. The number of benzene rings is 2. The van der Waals surface area contributed by atoms with Crippen LogP contribution in [0.4, 0.5) is 5.82 Å². The molecule has 0 bridgehead atoms. The second-order valence-corrected chi connectivity index (χ2v) is 4.37. The van der Waals surface area contributed by atoms with Crippen molar-refractivity contribution in [2.45, 2.75) is 6.42 Å². The second-order valence-electron chi connectivity index (χ2n) is 4.37. The molecule has 0 aliphatic rings. The van der Waals surface area contributed by atoms with E-state index in [0.29, 0.717) is 5.82 Å². The minimum atomic E-state index is 0.623. The van der Waals surface area contributed by atoms with E-state index >= 15 is 0 Å². The van der Waals surface area contributed by atoms with Gasteiger partial charge in [0, 0.05) is 23.6 Å². The summed E-state index contributed by atoms with van der Waals surface area (Å²) in [5, 5.41) is 2.33. The van der Waals surface area contributed by atoms with Crippen LogP contribution in [-0.2, 0) is 6.42 Å². The highest BCUT2D eigenvalue weighted by atomic mass is 14.8. The minimum Gasteiger partial charge on any atom is -0.383 e. The van der Waals surface area contributed by atoms with Crippen LogP contribution in [0.3, 0.4) is 0 Å². The fourth-order valence-corrected chi connectivity index (χ4v) is 2.23. The maximum atomic E-state index is 6.02. The molecule has 2 aromatic carbocycles. The molecular formula is C16H14N2. The van der Waals surface area contributed by atoms with Gasteiger partial charge in [-0.1, -0.05) is 54.6 Å². The summed E-state index contributed by atoms with van der Waals surface area (Å²) in [6.45, 7) is 0.